The number of allylic oxidation sites excluding steroid dienone is 2. The summed E-state index contributed by atoms with van der Waals surface area (Å²) < 4.78 is 5.33. The van der Waals surface area contributed by atoms with Gasteiger partial charge in [0.25, 0.3) is 0 Å². The molecule has 29 heavy (non-hydrogen) atoms. The lowest BCUT2D eigenvalue weighted by Crippen LogP contribution is -2.52. The number of rotatable bonds is 5. The van der Waals surface area contributed by atoms with Crippen LogP contribution in [0.15, 0.2) is 11.1 Å². The van der Waals surface area contributed by atoms with E-state index in [1.165, 1.54) is 38.5 Å². The number of ether oxygens (including phenoxy) is 1. The van der Waals surface area contributed by atoms with Crippen molar-refractivity contribution >= 4 is 11.8 Å². The molecule has 0 aromatic rings. The summed E-state index contributed by atoms with van der Waals surface area (Å²) in [7, 11) is 0. The average Bonchev–Trinajstić information content (AvgIpc) is 3.03. The molecule has 3 heteroatoms. The van der Waals surface area contributed by atoms with E-state index in [4.69, 9.17) is 4.74 Å². The van der Waals surface area contributed by atoms with E-state index in [2.05, 4.69) is 20.8 Å². The molecule has 4 aliphatic carbocycles. The molecule has 0 unspecified atom stereocenters. The second-order valence-electron chi connectivity index (χ2n) is 11.0. The maximum Gasteiger partial charge on any atom is 0.305 e. The highest BCUT2D eigenvalue weighted by molar-refractivity contribution is 5.80. The molecule has 0 aromatic heterocycles. The van der Waals surface area contributed by atoms with Crippen molar-refractivity contribution in [3.05, 3.63) is 11.1 Å². The lowest BCUT2D eigenvalue weighted by atomic mass is 9.46. The molecule has 4 aliphatic rings. The van der Waals surface area contributed by atoms with Crippen molar-refractivity contribution < 1.29 is 14.3 Å². The first-order chi connectivity index (χ1) is 13.8. The van der Waals surface area contributed by atoms with Gasteiger partial charge in [-0.3, -0.25) is 9.59 Å². The van der Waals surface area contributed by atoms with E-state index in [0.29, 0.717) is 41.5 Å². The number of fused-ring (bicyclic) bond motifs is 4. The highest BCUT2D eigenvalue weighted by Crippen LogP contribution is 2.65. The zero-order chi connectivity index (χ0) is 20.8. The fourth-order valence-electron chi connectivity index (χ4n) is 7.87. The van der Waals surface area contributed by atoms with Crippen LogP contribution in [-0.4, -0.2) is 18.4 Å². The second-order valence-corrected chi connectivity index (χ2v) is 11.0. The predicted molar refractivity (Wildman–Crippen MR) is 115 cm³/mol. The summed E-state index contributed by atoms with van der Waals surface area (Å²) >= 11 is 0. The predicted octanol–water partition coefficient (Wildman–Crippen LogP) is 6.26. The minimum Gasteiger partial charge on any atom is -0.466 e. The van der Waals surface area contributed by atoms with E-state index in [-0.39, 0.29) is 5.97 Å². The molecule has 2 saturated carbocycles. The number of carbonyl (C=O) groups is 2. The van der Waals surface area contributed by atoms with Gasteiger partial charge in [-0.25, -0.2) is 0 Å². The number of carbonyl (C=O) groups excluding carboxylic acids is 2. The van der Waals surface area contributed by atoms with E-state index in [1.54, 1.807) is 11.1 Å². The Morgan fingerprint density at radius 2 is 1.93 bits per heavy atom. The van der Waals surface area contributed by atoms with E-state index in [9.17, 15) is 9.59 Å². The Balaban J connectivity index is 1.49. The smallest absolute Gasteiger partial charge is 0.305 e. The molecular formula is C26H40O3. The topological polar surface area (TPSA) is 43.4 Å². The van der Waals surface area contributed by atoms with Gasteiger partial charge in [-0.2, -0.15) is 0 Å². The molecule has 0 bridgehead atoms. The molecule has 0 saturated heterocycles. The molecule has 162 valence electrons. The first-order valence-electron chi connectivity index (χ1n) is 12.2. The third kappa shape index (κ3) is 3.51. The first-order valence-corrected chi connectivity index (χ1v) is 12.2. The normalized spacial score (nSPS) is 41.6. The van der Waals surface area contributed by atoms with Crippen molar-refractivity contribution in [1.29, 1.82) is 0 Å². The minimum absolute atomic E-state index is 0.0768. The summed E-state index contributed by atoms with van der Waals surface area (Å²) in [5.41, 5.74) is 4.23. The Morgan fingerprint density at radius 1 is 1.14 bits per heavy atom. The van der Waals surface area contributed by atoms with Gasteiger partial charge in [0, 0.05) is 19.3 Å². The molecule has 0 aromatic carbocycles. The van der Waals surface area contributed by atoms with Crippen LogP contribution in [0.1, 0.15) is 98.3 Å². The van der Waals surface area contributed by atoms with Gasteiger partial charge in [-0.1, -0.05) is 38.8 Å². The van der Waals surface area contributed by atoms with Crippen molar-refractivity contribution in [2.75, 3.05) is 6.61 Å². The first kappa shape index (κ1) is 21.1. The van der Waals surface area contributed by atoms with E-state index >= 15 is 0 Å². The molecule has 0 radical (unpaired) electrons. The van der Waals surface area contributed by atoms with Gasteiger partial charge in [0.05, 0.1) is 6.61 Å². The Labute approximate surface area is 177 Å². The number of ketones is 1. The van der Waals surface area contributed by atoms with Crippen LogP contribution in [0.5, 0.6) is 0 Å². The van der Waals surface area contributed by atoms with Crippen molar-refractivity contribution in [3.63, 3.8) is 0 Å². The molecular weight excluding hydrogens is 360 g/mol. The van der Waals surface area contributed by atoms with Gasteiger partial charge in [-0.05, 0) is 85.9 Å². The molecule has 0 spiro atoms. The second kappa shape index (κ2) is 7.85. The van der Waals surface area contributed by atoms with Crippen LogP contribution in [0.4, 0.5) is 0 Å². The summed E-state index contributed by atoms with van der Waals surface area (Å²) in [5.74, 6) is 3.11. The molecule has 0 aliphatic heterocycles. The Hall–Kier alpha value is -1.12. The number of hydrogen-bond donors (Lipinski definition) is 0. The molecule has 2 fully saturated rings. The molecule has 6 atom stereocenters. The van der Waals surface area contributed by atoms with Gasteiger partial charge >= 0.3 is 5.97 Å². The van der Waals surface area contributed by atoms with Crippen molar-refractivity contribution in [3.8, 4) is 0 Å². The maximum absolute atomic E-state index is 12.2. The largest absolute Gasteiger partial charge is 0.466 e. The Bertz CT molecular complexity index is 707. The van der Waals surface area contributed by atoms with Crippen molar-refractivity contribution in [2.24, 2.45) is 34.5 Å². The van der Waals surface area contributed by atoms with Crippen LogP contribution in [0.3, 0.4) is 0 Å². The minimum atomic E-state index is -0.0768. The molecule has 0 amide bonds. The average molecular weight is 401 g/mol. The highest BCUT2D eigenvalue weighted by atomic mass is 16.5. The quantitative estimate of drug-likeness (QED) is 0.311. The van der Waals surface area contributed by atoms with Gasteiger partial charge in [0.15, 0.2) is 0 Å². The van der Waals surface area contributed by atoms with E-state index in [0.717, 1.165) is 37.5 Å². The molecule has 3 nitrogen and oxygen atoms in total. The summed E-state index contributed by atoms with van der Waals surface area (Å²) in [6.45, 7) is 9.78. The fraction of sp³-hybridized carbons (Fsp3) is 0.846. The molecule has 4 rings (SSSR count). The van der Waals surface area contributed by atoms with Gasteiger partial charge in [0.1, 0.15) is 5.78 Å². The highest BCUT2D eigenvalue weighted by Gasteiger charge is 2.56. The molecule has 0 N–H and O–H groups in total. The Morgan fingerprint density at radius 3 is 2.69 bits per heavy atom. The van der Waals surface area contributed by atoms with E-state index in [1.807, 2.05) is 6.92 Å². The third-order valence-electron chi connectivity index (χ3n) is 9.70. The lowest BCUT2D eigenvalue weighted by molar-refractivity contribution is -0.143. The van der Waals surface area contributed by atoms with Crippen LogP contribution in [0, 0.1) is 34.5 Å². The van der Waals surface area contributed by atoms with Crippen LogP contribution in [0.25, 0.3) is 0 Å². The summed E-state index contributed by atoms with van der Waals surface area (Å²) in [6, 6.07) is 0. The van der Waals surface area contributed by atoms with Gasteiger partial charge < -0.3 is 4.74 Å². The number of hydrogen-bond acceptors (Lipinski definition) is 3. The zero-order valence-electron chi connectivity index (χ0n) is 19.0. The number of esters is 1. The van der Waals surface area contributed by atoms with Crippen LogP contribution < -0.4 is 0 Å². The summed E-state index contributed by atoms with van der Waals surface area (Å²) in [5, 5.41) is 0. The summed E-state index contributed by atoms with van der Waals surface area (Å²) in [6.07, 6.45) is 11.9. The lowest BCUT2D eigenvalue weighted by Gasteiger charge is -2.58. The third-order valence-corrected chi connectivity index (χ3v) is 9.70. The maximum atomic E-state index is 12.2. The van der Waals surface area contributed by atoms with E-state index < -0.39 is 0 Å². The number of Topliss-reactive ketones (excluding diaryl/α,β-unsaturated/α-hetero) is 1. The van der Waals surface area contributed by atoms with Crippen LogP contribution >= 0.6 is 0 Å². The Kier molecular flexibility index (Phi) is 5.72. The molecule has 0 heterocycles. The van der Waals surface area contributed by atoms with Gasteiger partial charge in [0.2, 0.25) is 0 Å². The van der Waals surface area contributed by atoms with Crippen molar-refractivity contribution in [1.82, 2.24) is 0 Å². The fourth-order valence-corrected chi connectivity index (χ4v) is 7.87. The van der Waals surface area contributed by atoms with Crippen LogP contribution in [0.2, 0.25) is 0 Å². The zero-order valence-corrected chi connectivity index (χ0v) is 19.0. The SMILES string of the molecule is CCC(=O)OCCC[C@]1(C)CCC2=C1CC[C@H]1[C@H]2CC[C@H]2CC(=O)C[C@H](C)[C@@]21C. The van der Waals surface area contributed by atoms with Crippen molar-refractivity contribution in [2.45, 2.75) is 98.3 Å². The van der Waals surface area contributed by atoms with Crippen LogP contribution in [-0.2, 0) is 14.3 Å². The van der Waals surface area contributed by atoms with Gasteiger partial charge in [-0.15, -0.1) is 0 Å². The standard InChI is InChI=1S/C26H40O3/c1-5-24(28)29-14-6-12-25(3)13-11-21-20-8-7-18-16-19(27)15-17(2)26(18,4)23(20)10-9-22(21)25/h17-18,20,23H,5-16H2,1-4H3/t17-,18-,20-,23-,25+,26-/m0/s1. The summed E-state index contributed by atoms with van der Waals surface area (Å²) in [4.78, 5) is 23.7. The monoisotopic (exact) mass is 400 g/mol.